The zero-order chi connectivity index (χ0) is 23.4. The van der Waals surface area contributed by atoms with Gasteiger partial charge >= 0.3 is 5.97 Å². The summed E-state index contributed by atoms with van der Waals surface area (Å²) in [5.74, 6) is -0.465. The average Bonchev–Trinajstić information content (AvgIpc) is 3.31. The zero-order valence-corrected chi connectivity index (χ0v) is 18.3. The number of ether oxygens (including phenoxy) is 1. The van der Waals surface area contributed by atoms with E-state index in [0.717, 1.165) is 44.8 Å². The van der Waals surface area contributed by atoms with Crippen LogP contribution in [0.3, 0.4) is 0 Å². The topological polar surface area (TPSA) is 81.0 Å². The number of aromatic nitrogens is 2. The number of nitrogens with one attached hydrogen (secondary N) is 1. The monoisotopic (exact) mass is 441 g/mol. The number of carbonyl (C=O) groups is 1. The highest BCUT2D eigenvalue weighted by Gasteiger charge is 2.19. The molecule has 4 rings (SSSR count). The number of benzene rings is 3. The zero-order valence-electron chi connectivity index (χ0n) is 18.3. The summed E-state index contributed by atoms with van der Waals surface area (Å²) >= 11 is 0. The van der Waals surface area contributed by atoms with Crippen LogP contribution in [-0.4, -0.2) is 16.2 Å². The van der Waals surface area contributed by atoms with E-state index in [0.29, 0.717) is 17.7 Å². The van der Waals surface area contributed by atoms with Crippen molar-refractivity contribution in [2.75, 3.05) is 0 Å². The van der Waals surface area contributed by atoms with Crippen LogP contribution in [0.15, 0.2) is 79.5 Å². The second-order valence-corrected chi connectivity index (χ2v) is 7.51. The highest BCUT2D eigenvalue weighted by atomic mass is 19.1. The van der Waals surface area contributed by atoms with Gasteiger partial charge in [-0.05, 0) is 59.0 Å². The van der Waals surface area contributed by atoms with Gasteiger partial charge in [0.05, 0.1) is 11.7 Å². The molecule has 0 spiro atoms. The molecule has 3 N–H and O–H groups in total. The molecule has 0 aliphatic carbocycles. The minimum Gasteiger partial charge on any atom is -0.423 e. The number of hydrogen-bond acceptors (Lipinski definition) is 4. The normalized spacial score (nSPS) is 11.8. The first-order chi connectivity index (χ1) is 16.0. The SMILES string of the molecule is C=CC(=O)Oc1ccccc1/C(=C(\CC)c1ccc(F)c(CN)c1)c1ccc2[nH]ncc2c1. The van der Waals surface area contributed by atoms with Crippen molar-refractivity contribution in [3.8, 4) is 5.75 Å². The summed E-state index contributed by atoms with van der Waals surface area (Å²) in [5, 5.41) is 8.03. The first-order valence-corrected chi connectivity index (χ1v) is 10.6. The predicted octanol–water partition coefficient (Wildman–Crippen LogP) is 5.62. The van der Waals surface area contributed by atoms with Crippen molar-refractivity contribution in [2.45, 2.75) is 19.9 Å². The van der Waals surface area contributed by atoms with E-state index in [2.05, 4.69) is 16.8 Å². The minimum absolute atomic E-state index is 0.0977. The van der Waals surface area contributed by atoms with Gasteiger partial charge in [0.25, 0.3) is 0 Å². The number of H-pyrrole nitrogens is 1. The Balaban J connectivity index is 2.03. The molecule has 0 saturated carbocycles. The summed E-state index contributed by atoms with van der Waals surface area (Å²) in [4.78, 5) is 12.0. The van der Waals surface area contributed by atoms with Gasteiger partial charge in [0, 0.05) is 29.1 Å². The van der Waals surface area contributed by atoms with Crippen LogP contribution in [0.5, 0.6) is 5.75 Å². The van der Waals surface area contributed by atoms with E-state index in [1.54, 1.807) is 24.4 Å². The van der Waals surface area contributed by atoms with E-state index in [9.17, 15) is 9.18 Å². The Morgan fingerprint density at radius 1 is 1.15 bits per heavy atom. The second-order valence-electron chi connectivity index (χ2n) is 7.51. The molecule has 33 heavy (non-hydrogen) atoms. The molecule has 0 radical (unpaired) electrons. The smallest absolute Gasteiger partial charge is 0.335 e. The van der Waals surface area contributed by atoms with Crippen LogP contribution in [-0.2, 0) is 11.3 Å². The van der Waals surface area contributed by atoms with Gasteiger partial charge < -0.3 is 10.5 Å². The molecule has 0 fully saturated rings. The molecule has 0 saturated heterocycles. The van der Waals surface area contributed by atoms with Crippen molar-refractivity contribution >= 4 is 28.0 Å². The van der Waals surface area contributed by atoms with E-state index in [4.69, 9.17) is 10.5 Å². The van der Waals surface area contributed by atoms with Gasteiger partial charge in [0.15, 0.2) is 0 Å². The van der Waals surface area contributed by atoms with Crippen molar-refractivity contribution in [3.05, 3.63) is 108 Å². The molecule has 3 aromatic carbocycles. The number of aromatic amines is 1. The van der Waals surface area contributed by atoms with Crippen molar-refractivity contribution in [1.29, 1.82) is 0 Å². The van der Waals surface area contributed by atoms with Crippen molar-refractivity contribution < 1.29 is 13.9 Å². The molecule has 5 nitrogen and oxygen atoms in total. The fraction of sp³-hybridized carbons (Fsp3) is 0.111. The molecule has 0 aliphatic heterocycles. The van der Waals surface area contributed by atoms with E-state index < -0.39 is 5.97 Å². The third-order valence-electron chi connectivity index (χ3n) is 5.53. The maximum Gasteiger partial charge on any atom is 0.335 e. The van der Waals surface area contributed by atoms with Crippen molar-refractivity contribution in [1.82, 2.24) is 10.2 Å². The molecule has 166 valence electrons. The summed E-state index contributed by atoms with van der Waals surface area (Å²) in [6, 6.07) is 18.3. The van der Waals surface area contributed by atoms with Crippen LogP contribution >= 0.6 is 0 Å². The predicted molar refractivity (Wildman–Crippen MR) is 129 cm³/mol. The molecule has 4 aromatic rings. The number of esters is 1. The molecule has 0 amide bonds. The van der Waals surface area contributed by atoms with Gasteiger partial charge in [0.2, 0.25) is 0 Å². The number of rotatable bonds is 7. The number of fused-ring (bicyclic) bond motifs is 1. The van der Waals surface area contributed by atoms with Gasteiger partial charge in [-0.1, -0.05) is 43.8 Å². The molecule has 0 aliphatic rings. The Bertz CT molecular complexity index is 1370. The van der Waals surface area contributed by atoms with E-state index in [-0.39, 0.29) is 12.4 Å². The van der Waals surface area contributed by atoms with Gasteiger partial charge in [0.1, 0.15) is 11.6 Å². The number of nitrogens with zero attached hydrogens (tertiary/aromatic N) is 1. The fourth-order valence-corrected chi connectivity index (χ4v) is 3.95. The minimum atomic E-state index is -0.544. The Morgan fingerprint density at radius 2 is 1.94 bits per heavy atom. The van der Waals surface area contributed by atoms with E-state index in [1.165, 1.54) is 6.07 Å². The molecule has 0 atom stereocenters. The summed E-state index contributed by atoms with van der Waals surface area (Å²) in [7, 11) is 0. The quantitative estimate of drug-likeness (QED) is 0.169. The van der Waals surface area contributed by atoms with E-state index >= 15 is 0 Å². The number of para-hydroxylation sites is 1. The van der Waals surface area contributed by atoms with Crippen LogP contribution in [0.1, 0.15) is 35.6 Å². The average molecular weight is 442 g/mol. The molecule has 6 heteroatoms. The largest absolute Gasteiger partial charge is 0.423 e. The first kappa shape index (κ1) is 22.2. The van der Waals surface area contributed by atoms with Crippen LogP contribution in [0, 0.1) is 5.82 Å². The van der Waals surface area contributed by atoms with Crippen LogP contribution in [0.25, 0.3) is 22.0 Å². The highest BCUT2D eigenvalue weighted by Crippen LogP contribution is 2.39. The summed E-state index contributed by atoms with van der Waals surface area (Å²) in [6.07, 6.45) is 3.54. The Hall–Kier alpha value is -4.03. The highest BCUT2D eigenvalue weighted by molar-refractivity contribution is 6.02. The number of carbonyl (C=O) groups excluding carboxylic acids is 1. The fourth-order valence-electron chi connectivity index (χ4n) is 3.95. The molecular formula is C27H24FN3O2. The summed E-state index contributed by atoms with van der Waals surface area (Å²) < 4.78 is 19.8. The second kappa shape index (κ2) is 9.63. The van der Waals surface area contributed by atoms with Crippen molar-refractivity contribution in [3.63, 3.8) is 0 Å². The standard InChI is InChI=1S/C27H24FN3O2/c1-3-21(17-9-11-23(28)19(13-17)15-29)27(18-10-12-24-20(14-18)16-30-31-24)22-7-5-6-8-25(22)33-26(32)4-2/h4-14,16H,2-3,15,29H2,1H3,(H,30,31)/b27-21+. The summed E-state index contributed by atoms with van der Waals surface area (Å²) in [5.41, 5.74) is 11.5. The van der Waals surface area contributed by atoms with Crippen LogP contribution in [0.4, 0.5) is 4.39 Å². The van der Waals surface area contributed by atoms with Crippen molar-refractivity contribution in [2.24, 2.45) is 5.73 Å². The molecule has 0 unspecified atom stereocenters. The number of hydrogen-bond donors (Lipinski definition) is 2. The third-order valence-corrected chi connectivity index (χ3v) is 5.53. The summed E-state index contributed by atoms with van der Waals surface area (Å²) in [6.45, 7) is 5.63. The Labute approximate surface area is 191 Å². The third kappa shape index (κ3) is 4.47. The van der Waals surface area contributed by atoms with Gasteiger partial charge in [-0.2, -0.15) is 5.10 Å². The molecule has 1 aromatic heterocycles. The molecule has 0 bridgehead atoms. The number of halogens is 1. The van der Waals surface area contributed by atoms with Crippen LogP contribution in [0.2, 0.25) is 0 Å². The van der Waals surface area contributed by atoms with E-state index in [1.807, 2.05) is 43.3 Å². The molecule has 1 heterocycles. The lowest BCUT2D eigenvalue weighted by molar-refractivity contribution is -0.128. The maximum absolute atomic E-state index is 14.2. The van der Waals surface area contributed by atoms with Gasteiger partial charge in [-0.3, -0.25) is 5.10 Å². The Kier molecular flexibility index (Phi) is 6.47. The number of allylic oxidation sites excluding steroid dienone is 1. The lowest BCUT2D eigenvalue weighted by atomic mass is 9.87. The number of nitrogens with two attached hydrogens (primary N) is 1. The maximum atomic E-state index is 14.2. The van der Waals surface area contributed by atoms with Gasteiger partial charge in [-0.15, -0.1) is 0 Å². The lowest BCUT2D eigenvalue weighted by Crippen LogP contribution is -2.06. The van der Waals surface area contributed by atoms with Gasteiger partial charge in [-0.25, -0.2) is 9.18 Å². The van der Waals surface area contributed by atoms with Crippen LogP contribution < -0.4 is 10.5 Å². The Morgan fingerprint density at radius 3 is 2.70 bits per heavy atom. The molecular weight excluding hydrogens is 417 g/mol. The first-order valence-electron chi connectivity index (χ1n) is 10.6. The lowest BCUT2D eigenvalue weighted by Gasteiger charge is -2.19.